The van der Waals surface area contributed by atoms with Gasteiger partial charge in [-0.1, -0.05) is 26.7 Å². The number of hydroxylamine groups is 2. The Hall–Kier alpha value is -2.24. The minimum atomic E-state index is -0.663. The van der Waals surface area contributed by atoms with Crippen molar-refractivity contribution in [2.45, 2.75) is 39.5 Å². The average Bonchev–Trinajstić information content (AvgIpc) is 2.52. The van der Waals surface area contributed by atoms with Crippen molar-refractivity contribution in [2.24, 2.45) is 0 Å². The summed E-state index contributed by atoms with van der Waals surface area (Å²) >= 11 is 0. The predicted octanol–water partition coefficient (Wildman–Crippen LogP) is 3.50. The van der Waals surface area contributed by atoms with Crippen LogP contribution >= 0.6 is 0 Å². The molecule has 0 aliphatic heterocycles. The van der Waals surface area contributed by atoms with E-state index in [-0.39, 0.29) is 17.9 Å². The smallest absolute Gasteiger partial charge is 0.443 e. The number of aromatic hydroxyl groups is 1. The monoisotopic (exact) mass is 309 g/mol. The number of phenolic OH excluding ortho intramolecular Hbond substituents is 1. The molecule has 0 radical (unpaired) electrons. The van der Waals surface area contributed by atoms with E-state index in [1.165, 1.54) is 24.3 Å². The van der Waals surface area contributed by atoms with E-state index in [1.807, 2.05) is 13.8 Å². The first kappa shape index (κ1) is 17.8. The van der Waals surface area contributed by atoms with Gasteiger partial charge in [-0.05, 0) is 37.1 Å². The second-order valence-corrected chi connectivity index (χ2v) is 4.85. The Morgan fingerprint density at radius 3 is 2.32 bits per heavy atom. The Morgan fingerprint density at radius 1 is 1.09 bits per heavy atom. The van der Waals surface area contributed by atoms with E-state index in [1.54, 1.807) is 0 Å². The number of phenols is 1. The molecule has 1 aromatic carbocycles. The van der Waals surface area contributed by atoms with E-state index in [4.69, 9.17) is 9.57 Å². The molecule has 0 atom stereocenters. The summed E-state index contributed by atoms with van der Waals surface area (Å²) in [5, 5.41) is 10.2. The fraction of sp³-hybridized carbons (Fsp3) is 0.500. The number of carbonyl (C=O) groups excluding carboxylic acids is 2. The van der Waals surface area contributed by atoms with Gasteiger partial charge in [0.15, 0.2) is 0 Å². The lowest BCUT2D eigenvalue weighted by molar-refractivity contribution is -0.0945. The Balaban J connectivity index is 2.64. The van der Waals surface area contributed by atoms with Crippen LogP contribution in [0.3, 0.4) is 0 Å². The molecule has 0 aromatic heterocycles. The number of amides is 1. The lowest BCUT2D eigenvalue weighted by Gasteiger charge is -2.20. The van der Waals surface area contributed by atoms with Crippen LogP contribution in [0.5, 0.6) is 5.75 Å². The fourth-order valence-corrected chi connectivity index (χ4v) is 1.60. The molecule has 0 spiro atoms. The molecule has 0 saturated heterocycles. The fourth-order valence-electron chi connectivity index (χ4n) is 1.60. The summed E-state index contributed by atoms with van der Waals surface area (Å²) in [5.41, 5.74) is 0.251. The van der Waals surface area contributed by atoms with Crippen LogP contribution in [-0.2, 0) is 9.57 Å². The third-order valence-electron chi connectivity index (χ3n) is 2.94. The van der Waals surface area contributed by atoms with E-state index in [2.05, 4.69) is 0 Å². The maximum absolute atomic E-state index is 12.0. The topological polar surface area (TPSA) is 76.1 Å². The van der Waals surface area contributed by atoms with Gasteiger partial charge < -0.3 is 14.7 Å². The Kier molecular flexibility index (Phi) is 7.81. The molecule has 0 unspecified atom stereocenters. The maximum atomic E-state index is 12.0. The lowest BCUT2D eigenvalue weighted by atomic mass is 10.2. The van der Waals surface area contributed by atoms with E-state index < -0.39 is 12.1 Å². The molecule has 0 heterocycles. The van der Waals surface area contributed by atoms with Crippen LogP contribution in [0.15, 0.2) is 24.3 Å². The first-order valence-electron chi connectivity index (χ1n) is 7.54. The summed E-state index contributed by atoms with van der Waals surface area (Å²) in [6.45, 7) is 4.55. The summed E-state index contributed by atoms with van der Waals surface area (Å²) in [4.78, 5) is 29.1. The van der Waals surface area contributed by atoms with E-state index in [0.29, 0.717) is 13.0 Å². The molecule has 6 nitrogen and oxygen atoms in total. The van der Waals surface area contributed by atoms with Crippen molar-refractivity contribution in [3.8, 4) is 5.75 Å². The van der Waals surface area contributed by atoms with Crippen LogP contribution in [0.25, 0.3) is 0 Å². The third kappa shape index (κ3) is 6.03. The first-order chi connectivity index (χ1) is 10.6. The Bertz CT molecular complexity index is 472. The van der Waals surface area contributed by atoms with Crippen LogP contribution < -0.4 is 0 Å². The van der Waals surface area contributed by atoms with Crippen molar-refractivity contribution >= 4 is 12.1 Å². The summed E-state index contributed by atoms with van der Waals surface area (Å²) in [6.07, 6.45) is 2.57. The highest BCUT2D eigenvalue weighted by Crippen LogP contribution is 2.12. The number of nitrogens with zero attached hydrogens (tertiary/aromatic N) is 1. The van der Waals surface area contributed by atoms with E-state index in [9.17, 15) is 14.7 Å². The van der Waals surface area contributed by atoms with Crippen molar-refractivity contribution in [1.82, 2.24) is 5.06 Å². The molecule has 22 heavy (non-hydrogen) atoms. The van der Waals surface area contributed by atoms with Gasteiger partial charge in [0.1, 0.15) is 5.75 Å². The summed E-state index contributed by atoms with van der Waals surface area (Å²) in [7, 11) is 0. The zero-order valence-electron chi connectivity index (χ0n) is 13.1. The van der Waals surface area contributed by atoms with Crippen LogP contribution in [0.2, 0.25) is 0 Å². The molecule has 1 rings (SSSR count). The molecule has 0 fully saturated rings. The van der Waals surface area contributed by atoms with Gasteiger partial charge in [0, 0.05) is 0 Å². The van der Waals surface area contributed by atoms with Crippen LogP contribution in [0, 0.1) is 0 Å². The predicted molar refractivity (Wildman–Crippen MR) is 81.4 cm³/mol. The lowest BCUT2D eigenvalue weighted by Crippen LogP contribution is -2.35. The molecular weight excluding hydrogens is 286 g/mol. The number of ether oxygens (including phenoxy) is 1. The second-order valence-electron chi connectivity index (χ2n) is 4.85. The molecule has 0 aliphatic rings. The van der Waals surface area contributed by atoms with Crippen molar-refractivity contribution in [2.75, 3.05) is 13.2 Å². The highest BCUT2D eigenvalue weighted by molar-refractivity contribution is 5.90. The van der Waals surface area contributed by atoms with Crippen molar-refractivity contribution in [3.05, 3.63) is 29.8 Å². The molecule has 122 valence electrons. The van der Waals surface area contributed by atoms with Crippen molar-refractivity contribution in [3.63, 3.8) is 0 Å². The Labute approximate surface area is 130 Å². The number of unbranched alkanes of at least 4 members (excludes halogenated alkanes) is 2. The van der Waals surface area contributed by atoms with Crippen LogP contribution in [0.1, 0.15) is 49.9 Å². The van der Waals surface area contributed by atoms with Gasteiger partial charge in [0.05, 0.1) is 18.7 Å². The summed E-state index contributed by atoms with van der Waals surface area (Å²) in [6, 6.07) is 5.62. The number of carbonyl (C=O) groups is 2. The van der Waals surface area contributed by atoms with Gasteiger partial charge >= 0.3 is 12.1 Å². The van der Waals surface area contributed by atoms with Crippen molar-refractivity contribution in [1.29, 1.82) is 0 Å². The molecule has 6 heteroatoms. The Morgan fingerprint density at radius 2 is 1.73 bits per heavy atom. The minimum Gasteiger partial charge on any atom is -0.508 e. The SMILES string of the molecule is CCCCOC(=O)N(CCCC)OC(=O)c1ccc(O)cc1. The molecule has 1 aromatic rings. The van der Waals surface area contributed by atoms with E-state index >= 15 is 0 Å². The van der Waals surface area contributed by atoms with Gasteiger partial charge in [0.2, 0.25) is 0 Å². The highest BCUT2D eigenvalue weighted by atomic mass is 16.7. The summed E-state index contributed by atoms with van der Waals surface area (Å²) < 4.78 is 5.07. The molecule has 0 bridgehead atoms. The van der Waals surface area contributed by atoms with Gasteiger partial charge in [-0.25, -0.2) is 9.59 Å². The highest BCUT2D eigenvalue weighted by Gasteiger charge is 2.20. The minimum absolute atomic E-state index is 0.0540. The zero-order valence-corrected chi connectivity index (χ0v) is 13.1. The second kappa shape index (κ2) is 9.65. The van der Waals surface area contributed by atoms with Crippen molar-refractivity contribution < 1.29 is 24.3 Å². The molecule has 0 aliphatic carbocycles. The molecular formula is C16H23NO5. The molecule has 1 amide bonds. The van der Waals surface area contributed by atoms with Gasteiger partial charge in [-0.2, -0.15) is 0 Å². The van der Waals surface area contributed by atoms with Crippen LogP contribution in [-0.4, -0.2) is 35.4 Å². The molecule has 0 saturated carbocycles. The number of benzene rings is 1. The average molecular weight is 309 g/mol. The van der Waals surface area contributed by atoms with Gasteiger partial charge in [0.25, 0.3) is 0 Å². The van der Waals surface area contributed by atoms with Gasteiger partial charge in [-0.3, -0.25) is 0 Å². The summed E-state index contributed by atoms with van der Waals surface area (Å²) in [5.74, 6) is -0.609. The molecule has 1 N–H and O–H groups in total. The number of hydrogen-bond donors (Lipinski definition) is 1. The van der Waals surface area contributed by atoms with Gasteiger partial charge in [-0.15, -0.1) is 5.06 Å². The first-order valence-corrected chi connectivity index (χ1v) is 7.54. The van der Waals surface area contributed by atoms with E-state index in [0.717, 1.165) is 24.3 Å². The van der Waals surface area contributed by atoms with Crippen LogP contribution in [0.4, 0.5) is 4.79 Å². The number of hydrogen-bond acceptors (Lipinski definition) is 5. The largest absolute Gasteiger partial charge is 0.508 e. The third-order valence-corrected chi connectivity index (χ3v) is 2.94. The quantitative estimate of drug-likeness (QED) is 0.616. The number of rotatable bonds is 7. The standard InChI is InChI=1S/C16H23NO5/c1-3-5-11-17(16(20)21-12-6-4-2)22-15(19)13-7-9-14(18)10-8-13/h7-10,18H,3-6,11-12H2,1-2H3. The normalized spacial score (nSPS) is 10.1. The maximum Gasteiger partial charge on any atom is 0.443 e. The zero-order chi connectivity index (χ0) is 16.4.